The molecule has 30 heavy (non-hydrogen) atoms. The molecule has 0 saturated carbocycles. The molecule has 3 aromatic rings. The lowest BCUT2D eigenvalue weighted by atomic mass is 10.0. The molecule has 0 amide bonds. The third-order valence-electron chi connectivity index (χ3n) is 5.17. The van der Waals surface area contributed by atoms with Crippen LogP contribution in [0.2, 0.25) is 5.02 Å². The van der Waals surface area contributed by atoms with E-state index in [2.05, 4.69) is 9.97 Å². The van der Waals surface area contributed by atoms with Gasteiger partial charge in [0.1, 0.15) is 11.5 Å². The molecule has 2 N–H and O–H groups in total. The molecule has 1 atom stereocenters. The minimum atomic E-state index is 0.0897. The van der Waals surface area contributed by atoms with Crippen LogP contribution in [0.5, 0.6) is 11.5 Å². The summed E-state index contributed by atoms with van der Waals surface area (Å²) in [5, 5.41) is 5.91. The third-order valence-corrected chi connectivity index (χ3v) is 5.55. The molecule has 9 heteroatoms. The Morgan fingerprint density at radius 1 is 1.23 bits per heavy atom. The van der Waals surface area contributed by atoms with E-state index in [0.717, 1.165) is 30.4 Å². The molecule has 1 fully saturated rings. The number of halogens is 1. The van der Waals surface area contributed by atoms with Crippen molar-refractivity contribution in [1.82, 2.24) is 15.0 Å². The van der Waals surface area contributed by atoms with Gasteiger partial charge in [-0.3, -0.25) is 0 Å². The molecule has 2 aromatic heterocycles. The van der Waals surface area contributed by atoms with Gasteiger partial charge in [-0.15, -0.1) is 0 Å². The number of methoxy groups -OCH3 is 2. The summed E-state index contributed by atoms with van der Waals surface area (Å²) in [5.41, 5.74) is 8.58. The number of pyridine rings is 1. The van der Waals surface area contributed by atoms with Crippen molar-refractivity contribution < 1.29 is 14.2 Å². The number of nitrogens with two attached hydrogens (primary N) is 1. The molecule has 3 heterocycles. The van der Waals surface area contributed by atoms with E-state index >= 15 is 0 Å². The Bertz CT molecular complexity index is 1060. The molecule has 1 aliphatic rings. The van der Waals surface area contributed by atoms with Crippen molar-refractivity contribution in [2.24, 2.45) is 0 Å². The normalized spacial score (nSPS) is 16.1. The fourth-order valence-electron chi connectivity index (χ4n) is 3.62. The smallest absolute Gasteiger partial charge is 0.220 e. The number of nitrogen functional groups attached to an aromatic ring is 1. The van der Waals surface area contributed by atoms with E-state index < -0.39 is 0 Å². The number of hydrogen-bond donors (Lipinski definition) is 1. The molecule has 1 unspecified atom stereocenters. The minimum absolute atomic E-state index is 0.0897. The Kier molecular flexibility index (Phi) is 5.78. The van der Waals surface area contributed by atoms with Gasteiger partial charge in [0.05, 0.1) is 30.9 Å². The number of aromatic nitrogens is 3. The molecular formula is C21H23ClN5O3-. The molecule has 1 aromatic carbocycles. The first-order valence-corrected chi connectivity index (χ1v) is 10.0. The first kappa shape index (κ1) is 20.4. The molecule has 0 radical (unpaired) electrons. The number of rotatable bonds is 6. The van der Waals surface area contributed by atoms with E-state index in [1.165, 1.54) is 0 Å². The second kappa shape index (κ2) is 8.49. The van der Waals surface area contributed by atoms with Crippen molar-refractivity contribution in [3.8, 4) is 22.8 Å². The van der Waals surface area contributed by atoms with Gasteiger partial charge in [0, 0.05) is 35.4 Å². The Balaban J connectivity index is 1.86. The molecular weight excluding hydrogens is 406 g/mol. The highest BCUT2D eigenvalue weighted by Gasteiger charge is 2.18. The van der Waals surface area contributed by atoms with Crippen molar-refractivity contribution in [3.63, 3.8) is 0 Å². The van der Waals surface area contributed by atoms with E-state index in [-0.39, 0.29) is 12.1 Å². The SMILES string of the molecule is COc1cc(OC)c(Cl)c(-c2cc3cnc(N)nc3c([N-]CC3CCCO3)n2)c1C. The summed E-state index contributed by atoms with van der Waals surface area (Å²) in [4.78, 5) is 13.3. The zero-order valence-corrected chi connectivity index (χ0v) is 17.9. The van der Waals surface area contributed by atoms with Crippen LogP contribution in [0, 0.1) is 6.92 Å². The number of hydrogen-bond acceptors (Lipinski definition) is 7. The maximum atomic E-state index is 6.66. The fourth-order valence-corrected chi connectivity index (χ4v) is 3.99. The predicted molar refractivity (Wildman–Crippen MR) is 117 cm³/mol. The highest BCUT2D eigenvalue weighted by Crippen LogP contribution is 2.43. The van der Waals surface area contributed by atoms with E-state index in [0.29, 0.717) is 45.7 Å². The third kappa shape index (κ3) is 3.80. The number of ether oxygens (including phenoxy) is 3. The van der Waals surface area contributed by atoms with Crippen molar-refractivity contribution in [2.45, 2.75) is 25.9 Å². The monoisotopic (exact) mass is 428 g/mol. The summed E-state index contributed by atoms with van der Waals surface area (Å²) in [6, 6.07) is 3.63. The standard InChI is InChI=1S/C21H23ClN5O3/c1-11-15(28-2)8-16(29-3)18(22)17(11)14-7-12-9-25-21(23)27-19(12)20(26-14)24-10-13-5-4-6-30-13/h7-9,13H,4-6,10H2,1-3H3,(H2-,23,24,25,26,27)/q-1. The van der Waals surface area contributed by atoms with Gasteiger partial charge in [0.25, 0.3) is 0 Å². The highest BCUT2D eigenvalue weighted by atomic mass is 35.5. The van der Waals surface area contributed by atoms with Crippen LogP contribution < -0.4 is 15.2 Å². The highest BCUT2D eigenvalue weighted by molar-refractivity contribution is 6.35. The van der Waals surface area contributed by atoms with Crippen LogP contribution in [-0.2, 0) is 4.74 Å². The number of fused-ring (bicyclic) bond motifs is 1. The maximum absolute atomic E-state index is 6.66. The maximum Gasteiger partial charge on any atom is 0.220 e. The quantitative estimate of drug-likeness (QED) is 0.618. The van der Waals surface area contributed by atoms with E-state index in [4.69, 9.17) is 41.8 Å². The van der Waals surface area contributed by atoms with E-state index in [1.54, 1.807) is 26.5 Å². The van der Waals surface area contributed by atoms with Crippen LogP contribution in [0.4, 0.5) is 11.8 Å². The van der Waals surface area contributed by atoms with Gasteiger partial charge in [0.2, 0.25) is 5.95 Å². The second-order valence-electron chi connectivity index (χ2n) is 7.07. The Hall–Kier alpha value is -2.84. The summed E-state index contributed by atoms with van der Waals surface area (Å²) >= 11 is 6.66. The number of nitrogens with zero attached hydrogens (tertiary/aromatic N) is 4. The average Bonchev–Trinajstić information content (AvgIpc) is 3.26. The Labute approximate surface area is 179 Å². The van der Waals surface area contributed by atoms with Crippen molar-refractivity contribution in [3.05, 3.63) is 34.2 Å². The molecule has 1 aliphatic heterocycles. The van der Waals surface area contributed by atoms with Crippen LogP contribution in [-0.4, -0.2) is 48.4 Å². The van der Waals surface area contributed by atoms with Gasteiger partial charge in [0.15, 0.2) is 0 Å². The summed E-state index contributed by atoms with van der Waals surface area (Å²) in [6.07, 6.45) is 3.78. The van der Waals surface area contributed by atoms with E-state index in [1.807, 2.05) is 13.0 Å². The molecule has 1 saturated heterocycles. The lowest BCUT2D eigenvalue weighted by Crippen LogP contribution is -2.09. The molecule has 0 aliphatic carbocycles. The second-order valence-corrected chi connectivity index (χ2v) is 7.45. The van der Waals surface area contributed by atoms with E-state index in [9.17, 15) is 0 Å². The van der Waals surface area contributed by atoms with Gasteiger partial charge in [-0.25, -0.2) is 9.97 Å². The van der Waals surface area contributed by atoms with Gasteiger partial charge in [-0.1, -0.05) is 11.6 Å². The molecule has 158 valence electrons. The first-order valence-electron chi connectivity index (χ1n) is 9.65. The lowest BCUT2D eigenvalue weighted by Gasteiger charge is -2.24. The van der Waals surface area contributed by atoms with Crippen LogP contribution in [0.3, 0.4) is 0 Å². The topological polar surface area (TPSA) is 106 Å². The molecule has 8 nitrogen and oxygen atoms in total. The zero-order chi connectivity index (χ0) is 21.3. The summed E-state index contributed by atoms with van der Waals surface area (Å²) in [6.45, 7) is 3.19. The van der Waals surface area contributed by atoms with Gasteiger partial charge in [-0.2, -0.15) is 0 Å². The number of anilines is 1. The van der Waals surface area contributed by atoms with Crippen LogP contribution in [0.25, 0.3) is 27.5 Å². The summed E-state index contributed by atoms with van der Waals surface area (Å²) < 4.78 is 16.6. The van der Waals surface area contributed by atoms with Crippen molar-refractivity contribution in [2.75, 3.05) is 33.1 Å². The Morgan fingerprint density at radius 2 is 2.03 bits per heavy atom. The van der Waals surface area contributed by atoms with Crippen LogP contribution in [0.1, 0.15) is 18.4 Å². The van der Waals surface area contributed by atoms with Crippen molar-refractivity contribution in [1.29, 1.82) is 0 Å². The fraction of sp³-hybridized carbons (Fsp3) is 0.381. The molecule has 4 rings (SSSR count). The largest absolute Gasteiger partial charge is 0.496 e. The molecule has 0 bridgehead atoms. The Morgan fingerprint density at radius 3 is 2.73 bits per heavy atom. The summed E-state index contributed by atoms with van der Waals surface area (Å²) in [5.74, 6) is 1.80. The average molecular weight is 429 g/mol. The van der Waals surface area contributed by atoms with Crippen molar-refractivity contribution >= 4 is 34.3 Å². The van der Waals surface area contributed by atoms with Gasteiger partial charge in [-0.05, 0) is 43.9 Å². The van der Waals surface area contributed by atoms with Gasteiger partial charge < -0.3 is 30.2 Å². The minimum Gasteiger partial charge on any atom is -0.496 e. The lowest BCUT2D eigenvalue weighted by molar-refractivity contribution is 0.122. The predicted octanol–water partition coefficient (Wildman–Crippen LogP) is 4.44. The first-order chi connectivity index (χ1) is 14.5. The zero-order valence-electron chi connectivity index (χ0n) is 17.1. The van der Waals surface area contributed by atoms with Crippen LogP contribution >= 0.6 is 11.6 Å². The van der Waals surface area contributed by atoms with Gasteiger partial charge >= 0.3 is 0 Å². The molecule has 0 spiro atoms. The summed E-state index contributed by atoms with van der Waals surface area (Å²) in [7, 11) is 3.17. The van der Waals surface area contributed by atoms with Crippen LogP contribution in [0.15, 0.2) is 18.3 Å². The number of benzene rings is 1.